The average molecular weight is 377 g/mol. The molecule has 0 aliphatic carbocycles. The molecule has 0 aromatic heterocycles. The minimum absolute atomic E-state index is 0.322. The summed E-state index contributed by atoms with van der Waals surface area (Å²) in [4.78, 5) is 13.7. The summed E-state index contributed by atoms with van der Waals surface area (Å²) in [5, 5.41) is 20.9. The Bertz CT molecular complexity index is 960. The van der Waals surface area contributed by atoms with Crippen LogP contribution < -0.4 is 5.46 Å². The number of fused-ring (bicyclic) bond motifs is 1. The second-order valence-corrected chi connectivity index (χ2v) is 7.02. The van der Waals surface area contributed by atoms with Crippen LogP contribution in [0.15, 0.2) is 66.7 Å². The lowest BCUT2D eigenvalue weighted by Gasteiger charge is -2.24. The number of ether oxygens (including phenoxy) is 1. The molecule has 0 bridgehead atoms. The summed E-state index contributed by atoms with van der Waals surface area (Å²) in [6.07, 6.45) is -0.390. The van der Waals surface area contributed by atoms with E-state index in [-0.39, 0.29) is 5.97 Å². The van der Waals surface area contributed by atoms with Crippen LogP contribution in [0.5, 0.6) is 0 Å². The van der Waals surface area contributed by atoms with E-state index < -0.39 is 13.2 Å². The summed E-state index contributed by atoms with van der Waals surface area (Å²) in [5.74, 6) is -0.322. The third-order valence-corrected chi connectivity index (χ3v) is 4.63. The maximum atomic E-state index is 11.7. The van der Waals surface area contributed by atoms with Crippen molar-refractivity contribution in [1.29, 1.82) is 0 Å². The highest BCUT2D eigenvalue weighted by molar-refractivity contribution is 6.58. The Hall–Kier alpha value is -2.67. The predicted molar refractivity (Wildman–Crippen MR) is 111 cm³/mol. The molecular weight excluding hydrogens is 353 g/mol. The molecule has 0 aliphatic heterocycles. The number of hydrogen-bond donors (Lipinski definition) is 2. The van der Waals surface area contributed by atoms with E-state index in [2.05, 4.69) is 12.1 Å². The molecule has 3 aromatic carbocycles. The van der Waals surface area contributed by atoms with Gasteiger partial charge in [-0.15, -0.1) is 0 Å². The molecule has 2 N–H and O–H groups in total. The Kier molecular flexibility index (Phi) is 6.47. The smallest absolute Gasteiger partial charge is 0.456 e. The number of carbonyl (C=O) groups is 1. The highest BCUT2D eigenvalue weighted by atomic mass is 16.5. The normalized spacial score (nSPS) is 12.2. The van der Waals surface area contributed by atoms with Gasteiger partial charge in [0.1, 0.15) is 6.10 Å². The van der Waals surface area contributed by atoms with Crippen LogP contribution in [0.3, 0.4) is 0 Å². The van der Waals surface area contributed by atoms with Crippen molar-refractivity contribution in [1.82, 2.24) is 4.90 Å². The third-order valence-electron chi connectivity index (χ3n) is 4.63. The third kappa shape index (κ3) is 5.20. The highest BCUT2D eigenvalue weighted by Crippen LogP contribution is 2.24. The number of carbonyl (C=O) groups excluding carboxylic acids is 1. The molecule has 0 aliphatic rings. The van der Waals surface area contributed by atoms with Crippen molar-refractivity contribution in [2.75, 3.05) is 13.6 Å². The second kappa shape index (κ2) is 9.02. The first-order valence-electron chi connectivity index (χ1n) is 9.22. The molecule has 1 unspecified atom stereocenters. The Balaban J connectivity index is 1.77. The zero-order valence-corrected chi connectivity index (χ0v) is 16.1. The first-order valence-corrected chi connectivity index (χ1v) is 9.22. The number of likely N-dealkylation sites (N-methyl/N-ethyl adjacent to an activating group) is 1. The van der Waals surface area contributed by atoms with Gasteiger partial charge in [0, 0.05) is 20.0 Å². The van der Waals surface area contributed by atoms with Crippen LogP contribution in [0.2, 0.25) is 0 Å². The second-order valence-electron chi connectivity index (χ2n) is 7.02. The van der Waals surface area contributed by atoms with Crippen molar-refractivity contribution in [2.24, 2.45) is 0 Å². The lowest BCUT2D eigenvalue weighted by Crippen LogP contribution is -2.31. The largest absolute Gasteiger partial charge is 0.488 e. The predicted octanol–water partition coefficient (Wildman–Crippen LogP) is 2.26. The van der Waals surface area contributed by atoms with Gasteiger partial charge in [0.25, 0.3) is 0 Å². The molecule has 1 atom stereocenters. The van der Waals surface area contributed by atoms with Crippen molar-refractivity contribution in [3.05, 3.63) is 77.9 Å². The van der Waals surface area contributed by atoms with Gasteiger partial charge in [-0.2, -0.15) is 0 Å². The van der Waals surface area contributed by atoms with E-state index in [1.54, 1.807) is 18.2 Å². The van der Waals surface area contributed by atoms with E-state index in [9.17, 15) is 14.8 Å². The summed E-state index contributed by atoms with van der Waals surface area (Å²) >= 11 is 0. The van der Waals surface area contributed by atoms with E-state index in [0.29, 0.717) is 18.6 Å². The van der Waals surface area contributed by atoms with E-state index in [0.717, 1.165) is 21.9 Å². The van der Waals surface area contributed by atoms with Gasteiger partial charge < -0.3 is 14.8 Å². The molecule has 6 heteroatoms. The Morgan fingerprint density at radius 3 is 2.50 bits per heavy atom. The van der Waals surface area contributed by atoms with Gasteiger partial charge in [-0.05, 0) is 40.5 Å². The van der Waals surface area contributed by atoms with Crippen molar-refractivity contribution >= 4 is 29.3 Å². The zero-order valence-electron chi connectivity index (χ0n) is 16.1. The van der Waals surface area contributed by atoms with Crippen molar-refractivity contribution in [2.45, 2.75) is 19.6 Å². The molecule has 5 nitrogen and oxygen atoms in total. The lowest BCUT2D eigenvalue weighted by atomic mass is 9.79. The Morgan fingerprint density at radius 1 is 1.04 bits per heavy atom. The molecule has 144 valence electrons. The fraction of sp³-hybridized carbons (Fsp3) is 0.227. The fourth-order valence-corrected chi connectivity index (χ4v) is 3.33. The molecule has 0 fully saturated rings. The molecule has 3 aromatic rings. The standard InChI is InChI=1S/C22H24BNO4/c1-16(25)28-22(20-11-10-18-7-3-4-8-19(18)13-20)15-24(2)14-17-6-5-9-21(12-17)23(26)27/h3-13,22,26-27H,14-15H2,1-2H3. The van der Waals surface area contributed by atoms with Gasteiger partial charge in [-0.1, -0.05) is 60.7 Å². The van der Waals surface area contributed by atoms with Gasteiger partial charge in [0.15, 0.2) is 0 Å². The summed E-state index contributed by atoms with van der Waals surface area (Å²) in [6.45, 7) is 2.52. The number of esters is 1. The van der Waals surface area contributed by atoms with Crippen molar-refractivity contribution in [3.8, 4) is 0 Å². The van der Waals surface area contributed by atoms with Gasteiger partial charge in [-0.3, -0.25) is 9.69 Å². The topological polar surface area (TPSA) is 70.0 Å². The quantitative estimate of drug-likeness (QED) is 0.488. The minimum atomic E-state index is -1.49. The number of rotatable bonds is 7. The van der Waals surface area contributed by atoms with Crippen LogP contribution in [0.25, 0.3) is 10.8 Å². The molecule has 0 heterocycles. The maximum Gasteiger partial charge on any atom is 0.488 e. The number of benzene rings is 3. The maximum absolute atomic E-state index is 11.7. The van der Waals surface area contributed by atoms with Gasteiger partial charge >= 0.3 is 13.1 Å². The molecule has 0 radical (unpaired) electrons. The van der Waals surface area contributed by atoms with Crippen LogP contribution in [0.4, 0.5) is 0 Å². The summed E-state index contributed by atoms with van der Waals surface area (Å²) in [7, 11) is 0.455. The first kappa shape index (κ1) is 20.1. The summed E-state index contributed by atoms with van der Waals surface area (Å²) < 4.78 is 5.60. The van der Waals surface area contributed by atoms with Crippen molar-refractivity contribution in [3.63, 3.8) is 0 Å². The van der Waals surface area contributed by atoms with E-state index in [4.69, 9.17) is 4.74 Å². The Labute approximate surface area is 165 Å². The van der Waals surface area contributed by atoms with Crippen molar-refractivity contribution < 1.29 is 19.6 Å². The SMILES string of the molecule is CC(=O)OC(CN(C)Cc1cccc(B(O)O)c1)c1ccc2ccccc2c1. The molecule has 0 saturated heterocycles. The molecule has 0 saturated carbocycles. The number of nitrogens with zero attached hydrogens (tertiary/aromatic N) is 1. The van der Waals surface area contributed by atoms with Gasteiger partial charge in [0.2, 0.25) is 0 Å². The first-order chi connectivity index (χ1) is 13.4. The monoisotopic (exact) mass is 377 g/mol. The summed E-state index contributed by atoms with van der Waals surface area (Å²) in [5.41, 5.74) is 2.35. The van der Waals surface area contributed by atoms with E-state index in [1.165, 1.54) is 6.92 Å². The van der Waals surface area contributed by atoms with Crippen LogP contribution >= 0.6 is 0 Å². The van der Waals surface area contributed by atoms with Crippen LogP contribution in [-0.4, -0.2) is 41.6 Å². The molecule has 0 amide bonds. The molecule has 0 spiro atoms. The van der Waals surface area contributed by atoms with Crippen LogP contribution in [-0.2, 0) is 16.1 Å². The molecule has 28 heavy (non-hydrogen) atoms. The lowest BCUT2D eigenvalue weighted by molar-refractivity contribution is -0.147. The van der Waals surface area contributed by atoms with E-state index in [1.807, 2.05) is 48.3 Å². The molecule has 3 rings (SSSR count). The fourth-order valence-electron chi connectivity index (χ4n) is 3.33. The van der Waals surface area contributed by atoms with Crippen LogP contribution in [0, 0.1) is 0 Å². The minimum Gasteiger partial charge on any atom is -0.456 e. The molecular formula is C22H24BNO4. The van der Waals surface area contributed by atoms with Gasteiger partial charge in [0.05, 0.1) is 0 Å². The van der Waals surface area contributed by atoms with Gasteiger partial charge in [-0.25, -0.2) is 0 Å². The summed E-state index contributed by atoms with van der Waals surface area (Å²) in [6, 6.07) is 21.3. The zero-order chi connectivity index (χ0) is 20.1. The highest BCUT2D eigenvalue weighted by Gasteiger charge is 2.18. The average Bonchev–Trinajstić information content (AvgIpc) is 2.67. The van der Waals surface area contributed by atoms with Crippen LogP contribution in [0.1, 0.15) is 24.2 Å². The Morgan fingerprint density at radius 2 is 1.79 bits per heavy atom. The van der Waals surface area contributed by atoms with E-state index >= 15 is 0 Å². The number of hydrogen-bond acceptors (Lipinski definition) is 5.